The Kier molecular flexibility index (Phi) is 4.63. The number of fused-ring (bicyclic) bond motifs is 1. The third kappa shape index (κ3) is 3.58. The minimum Gasteiger partial charge on any atom is -0.467 e. The van der Waals surface area contributed by atoms with Crippen LogP contribution in [0.1, 0.15) is 17.0 Å². The van der Waals surface area contributed by atoms with Crippen molar-refractivity contribution in [1.82, 2.24) is 24.6 Å². The van der Waals surface area contributed by atoms with Crippen molar-refractivity contribution in [2.24, 2.45) is 0 Å². The smallest absolute Gasteiger partial charge is 0.244 e. The number of nitrogens with zero attached hydrogens (tertiary/aromatic N) is 5. The van der Waals surface area contributed by atoms with Crippen LogP contribution in [0.25, 0.3) is 0 Å². The average molecular weight is 352 g/mol. The molecule has 8 heteroatoms. The molecule has 0 saturated carbocycles. The Labute approximate surface area is 150 Å². The third-order valence-electron chi connectivity index (χ3n) is 4.50. The summed E-state index contributed by atoms with van der Waals surface area (Å²) in [6.07, 6.45) is 8.15. The molecule has 0 aromatic carbocycles. The molecular formula is C18H20N6O2. The van der Waals surface area contributed by atoms with Gasteiger partial charge in [-0.3, -0.25) is 9.48 Å². The van der Waals surface area contributed by atoms with Crippen molar-refractivity contribution < 1.29 is 9.21 Å². The molecule has 8 nitrogen and oxygen atoms in total. The Morgan fingerprint density at radius 3 is 2.96 bits per heavy atom. The van der Waals surface area contributed by atoms with E-state index >= 15 is 0 Å². The van der Waals surface area contributed by atoms with E-state index in [0.717, 1.165) is 35.7 Å². The SMILES string of the molecule is O=C(Cn1cccn1)N1CCc2ncnc(NCc3ccco3)c2CC1. The van der Waals surface area contributed by atoms with Crippen molar-refractivity contribution in [3.8, 4) is 0 Å². The summed E-state index contributed by atoms with van der Waals surface area (Å²) >= 11 is 0. The highest BCUT2D eigenvalue weighted by atomic mass is 16.3. The Morgan fingerprint density at radius 1 is 1.23 bits per heavy atom. The van der Waals surface area contributed by atoms with E-state index in [-0.39, 0.29) is 12.5 Å². The third-order valence-corrected chi connectivity index (χ3v) is 4.50. The van der Waals surface area contributed by atoms with Crippen LogP contribution >= 0.6 is 0 Å². The maximum atomic E-state index is 12.5. The number of furan rings is 1. The van der Waals surface area contributed by atoms with Gasteiger partial charge in [0.2, 0.25) is 5.91 Å². The molecule has 0 fully saturated rings. The monoisotopic (exact) mass is 352 g/mol. The number of amides is 1. The maximum Gasteiger partial charge on any atom is 0.244 e. The molecule has 134 valence electrons. The lowest BCUT2D eigenvalue weighted by molar-refractivity contribution is -0.131. The number of carbonyl (C=O) groups excluding carboxylic acids is 1. The minimum atomic E-state index is 0.0690. The molecule has 0 atom stereocenters. The summed E-state index contributed by atoms with van der Waals surface area (Å²) in [6, 6.07) is 5.60. The van der Waals surface area contributed by atoms with Crippen molar-refractivity contribution in [1.29, 1.82) is 0 Å². The summed E-state index contributed by atoms with van der Waals surface area (Å²) < 4.78 is 7.00. The van der Waals surface area contributed by atoms with E-state index in [1.165, 1.54) is 0 Å². The number of anilines is 1. The second-order valence-corrected chi connectivity index (χ2v) is 6.16. The fourth-order valence-electron chi connectivity index (χ4n) is 3.14. The van der Waals surface area contributed by atoms with E-state index in [4.69, 9.17) is 4.42 Å². The zero-order valence-electron chi connectivity index (χ0n) is 14.3. The molecule has 0 unspecified atom stereocenters. The molecule has 4 rings (SSSR count). The van der Waals surface area contributed by atoms with Crippen LogP contribution in [-0.2, 0) is 30.7 Å². The Balaban J connectivity index is 1.43. The molecule has 4 heterocycles. The van der Waals surface area contributed by atoms with E-state index in [1.807, 2.05) is 23.1 Å². The summed E-state index contributed by atoms with van der Waals surface area (Å²) in [5.41, 5.74) is 2.07. The van der Waals surface area contributed by atoms with Gasteiger partial charge in [-0.25, -0.2) is 9.97 Å². The Morgan fingerprint density at radius 2 is 2.15 bits per heavy atom. The first-order valence-electron chi connectivity index (χ1n) is 8.64. The summed E-state index contributed by atoms with van der Waals surface area (Å²) in [7, 11) is 0. The number of nitrogens with one attached hydrogen (secondary N) is 1. The summed E-state index contributed by atoms with van der Waals surface area (Å²) in [5, 5.41) is 7.43. The van der Waals surface area contributed by atoms with Crippen molar-refractivity contribution >= 4 is 11.7 Å². The number of aromatic nitrogens is 4. The second-order valence-electron chi connectivity index (χ2n) is 6.16. The first kappa shape index (κ1) is 16.3. The van der Waals surface area contributed by atoms with Gasteiger partial charge in [0.15, 0.2) is 0 Å². The number of carbonyl (C=O) groups is 1. The topological polar surface area (TPSA) is 89.1 Å². The van der Waals surface area contributed by atoms with Gasteiger partial charge < -0.3 is 14.6 Å². The highest BCUT2D eigenvalue weighted by Crippen LogP contribution is 2.21. The van der Waals surface area contributed by atoms with E-state index in [1.54, 1.807) is 29.7 Å². The summed E-state index contributed by atoms with van der Waals surface area (Å²) in [6.45, 7) is 2.13. The van der Waals surface area contributed by atoms with E-state index in [9.17, 15) is 4.79 Å². The molecule has 3 aromatic rings. The van der Waals surface area contributed by atoms with Gasteiger partial charge >= 0.3 is 0 Å². The predicted molar refractivity (Wildman–Crippen MR) is 94.3 cm³/mol. The Bertz CT molecular complexity index is 860. The van der Waals surface area contributed by atoms with Crippen LogP contribution in [-0.4, -0.2) is 43.6 Å². The summed E-state index contributed by atoms with van der Waals surface area (Å²) in [4.78, 5) is 23.2. The van der Waals surface area contributed by atoms with Crippen LogP contribution in [0.5, 0.6) is 0 Å². The Hall–Kier alpha value is -3.16. The highest BCUT2D eigenvalue weighted by molar-refractivity contribution is 5.76. The summed E-state index contributed by atoms with van der Waals surface area (Å²) in [5.74, 6) is 1.73. The molecule has 0 aliphatic carbocycles. The van der Waals surface area contributed by atoms with Gasteiger partial charge in [0.25, 0.3) is 0 Å². The van der Waals surface area contributed by atoms with Gasteiger partial charge in [-0.05, 0) is 24.6 Å². The standard InChI is InChI=1S/C18H20N6O2/c25-17(12-24-7-2-6-22-24)23-8-4-15-16(5-9-23)20-13-21-18(15)19-11-14-3-1-10-26-14/h1-3,6-7,10,13H,4-5,8-9,11-12H2,(H,19,20,21). The van der Waals surface area contributed by atoms with Crippen LogP contribution in [0, 0.1) is 0 Å². The van der Waals surface area contributed by atoms with Crippen LogP contribution < -0.4 is 5.32 Å². The van der Waals surface area contributed by atoms with Gasteiger partial charge in [0, 0.05) is 37.5 Å². The number of rotatable bonds is 5. The molecule has 3 aromatic heterocycles. The molecule has 0 spiro atoms. The van der Waals surface area contributed by atoms with E-state index < -0.39 is 0 Å². The van der Waals surface area contributed by atoms with E-state index in [0.29, 0.717) is 19.6 Å². The normalized spacial score (nSPS) is 13.9. The molecule has 1 aliphatic heterocycles. The lowest BCUT2D eigenvalue weighted by Gasteiger charge is -2.20. The number of hydrogen-bond acceptors (Lipinski definition) is 6. The fraction of sp³-hybridized carbons (Fsp3) is 0.333. The second kappa shape index (κ2) is 7.38. The molecule has 1 N–H and O–H groups in total. The minimum absolute atomic E-state index is 0.0690. The maximum absolute atomic E-state index is 12.5. The molecule has 26 heavy (non-hydrogen) atoms. The fourth-order valence-corrected chi connectivity index (χ4v) is 3.14. The van der Waals surface area contributed by atoms with Crippen LogP contribution in [0.15, 0.2) is 47.6 Å². The predicted octanol–water partition coefficient (Wildman–Crippen LogP) is 1.51. The molecule has 1 aliphatic rings. The molecule has 0 saturated heterocycles. The lowest BCUT2D eigenvalue weighted by Crippen LogP contribution is -2.36. The van der Waals surface area contributed by atoms with E-state index in [2.05, 4.69) is 20.4 Å². The first-order valence-corrected chi connectivity index (χ1v) is 8.64. The highest BCUT2D eigenvalue weighted by Gasteiger charge is 2.22. The van der Waals surface area contributed by atoms with Crippen molar-refractivity contribution in [2.75, 3.05) is 18.4 Å². The van der Waals surface area contributed by atoms with Gasteiger partial charge in [-0.2, -0.15) is 5.10 Å². The van der Waals surface area contributed by atoms with Crippen molar-refractivity contribution in [3.63, 3.8) is 0 Å². The number of hydrogen-bond donors (Lipinski definition) is 1. The molecule has 1 amide bonds. The average Bonchev–Trinajstić information content (AvgIpc) is 3.30. The first-order chi connectivity index (χ1) is 12.8. The van der Waals surface area contributed by atoms with Gasteiger partial charge in [-0.15, -0.1) is 0 Å². The molecule has 0 bridgehead atoms. The van der Waals surface area contributed by atoms with Crippen molar-refractivity contribution in [2.45, 2.75) is 25.9 Å². The van der Waals surface area contributed by atoms with Gasteiger partial charge in [-0.1, -0.05) is 0 Å². The van der Waals surface area contributed by atoms with Crippen LogP contribution in [0.4, 0.5) is 5.82 Å². The van der Waals surface area contributed by atoms with Gasteiger partial charge in [0.05, 0.1) is 18.5 Å². The van der Waals surface area contributed by atoms with Crippen molar-refractivity contribution in [3.05, 3.63) is 60.2 Å². The largest absolute Gasteiger partial charge is 0.467 e. The lowest BCUT2D eigenvalue weighted by atomic mass is 10.1. The van der Waals surface area contributed by atoms with Crippen LogP contribution in [0.3, 0.4) is 0 Å². The van der Waals surface area contributed by atoms with Crippen LogP contribution in [0.2, 0.25) is 0 Å². The molecular weight excluding hydrogens is 332 g/mol. The van der Waals surface area contributed by atoms with Gasteiger partial charge in [0.1, 0.15) is 24.5 Å². The molecule has 0 radical (unpaired) electrons. The zero-order chi connectivity index (χ0) is 17.8. The quantitative estimate of drug-likeness (QED) is 0.749. The zero-order valence-corrected chi connectivity index (χ0v) is 14.3.